The molecule has 0 aliphatic carbocycles. The molecule has 2 heterocycles. The maximum Gasteiger partial charge on any atom is 0.330 e. The lowest BCUT2D eigenvalue weighted by molar-refractivity contribution is -0.143. The van der Waals surface area contributed by atoms with Gasteiger partial charge in [-0.05, 0) is 24.3 Å². The van der Waals surface area contributed by atoms with E-state index in [9.17, 15) is 14.7 Å². The molecule has 1 fully saturated rings. The van der Waals surface area contributed by atoms with Crippen LogP contribution >= 0.6 is 11.8 Å². The Hall–Kier alpha value is -1.95. The minimum Gasteiger partial charge on any atom is -0.479 e. The van der Waals surface area contributed by atoms with E-state index in [1.54, 1.807) is 30.1 Å². The van der Waals surface area contributed by atoms with Crippen molar-refractivity contribution in [2.75, 3.05) is 11.5 Å². The number of carboxylic acid groups (broad SMARTS) is 1. The smallest absolute Gasteiger partial charge is 0.330 e. The van der Waals surface area contributed by atoms with Gasteiger partial charge in [-0.2, -0.15) is 11.8 Å². The predicted octanol–water partition coefficient (Wildman–Crippen LogP) is 1.86. The average Bonchev–Trinajstić information content (AvgIpc) is 3.06. The van der Waals surface area contributed by atoms with E-state index in [2.05, 4.69) is 10.3 Å². The Kier molecular flexibility index (Phi) is 3.17. The number of benzene rings is 1. The summed E-state index contributed by atoms with van der Waals surface area (Å²) in [6.45, 7) is 0. The lowest BCUT2D eigenvalue weighted by atomic mass is 9.98. The maximum atomic E-state index is 12.4. The van der Waals surface area contributed by atoms with Gasteiger partial charge in [0.05, 0.1) is 11.1 Å². The fraction of sp³-hybridized carbons (Fsp3) is 0.286. The summed E-state index contributed by atoms with van der Waals surface area (Å²) in [7, 11) is 0. The van der Waals surface area contributed by atoms with Crippen LogP contribution in [0.3, 0.4) is 0 Å². The van der Waals surface area contributed by atoms with Gasteiger partial charge in [-0.25, -0.2) is 4.79 Å². The first-order valence-electron chi connectivity index (χ1n) is 6.32. The summed E-state index contributed by atoms with van der Waals surface area (Å²) in [5.41, 5.74) is 0.0671. The van der Waals surface area contributed by atoms with E-state index in [0.717, 1.165) is 16.7 Å². The molecule has 104 valence electrons. The van der Waals surface area contributed by atoms with E-state index in [1.165, 1.54) is 0 Å². The van der Waals surface area contributed by atoms with Gasteiger partial charge < -0.3 is 15.4 Å². The molecule has 2 aromatic rings. The van der Waals surface area contributed by atoms with Crippen LogP contribution in [-0.4, -0.2) is 39.0 Å². The fourth-order valence-corrected chi connectivity index (χ4v) is 3.77. The van der Waals surface area contributed by atoms with Gasteiger partial charge in [-0.15, -0.1) is 0 Å². The number of carbonyl (C=O) groups excluding carboxylic acids is 1. The van der Waals surface area contributed by atoms with Gasteiger partial charge in [0.1, 0.15) is 5.54 Å². The van der Waals surface area contributed by atoms with E-state index in [4.69, 9.17) is 0 Å². The van der Waals surface area contributed by atoms with Crippen LogP contribution in [0.2, 0.25) is 0 Å². The second kappa shape index (κ2) is 4.86. The first kappa shape index (κ1) is 13.1. The molecule has 0 bridgehead atoms. The van der Waals surface area contributed by atoms with Gasteiger partial charge in [-0.1, -0.05) is 12.1 Å². The van der Waals surface area contributed by atoms with Crippen LogP contribution in [0.4, 0.5) is 0 Å². The largest absolute Gasteiger partial charge is 0.479 e. The molecule has 0 spiro atoms. The third-order valence-electron chi connectivity index (χ3n) is 3.62. The lowest BCUT2D eigenvalue weighted by Gasteiger charge is -2.24. The van der Waals surface area contributed by atoms with E-state index < -0.39 is 11.5 Å². The minimum atomic E-state index is -1.14. The van der Waals surface area contributed by atoms with Crippen LogP contribution in [0.25, 0.3) is 10.9 Å². The standard InChI is InChI=1S/C14H14N2O3S/c17-12(16-14(13(18)19)5-7-20-8-14)10-3-1-2-9-4-6-15-11(9)10/h1-4,6,15H,5,7-8H2,(H,16,17)(H,18,19)/t14-/m0/s1. The molecule has 3 rings (SSSR count). The fourth-order valence-electron chi connectivity index (χ4n) is 2.44. The van der Waals surface area contributed by atoms with Crippen molar-refractivity contribution >= 4 is 34.5 Å². The molecule has 1 aliphatic rings. The predicted molar refractivity (Wildman–Crippen MR) is 78.1 cm³/mol. The van der Waals surface area contributed by atoms with Crippen molar-refractivity contribution in [3.63, 3.8) is 0 Å². The molecule has 1 aromatic carbocycles. The molecule has 1 amide bonds. The van der Waals surface area contributed by atoms with Crippen molar-refractivity contribution in [2.24, 2.45) is 0 Å². The van der Waals surface area contributed by atoms with E-state index in [0.29, 0.717) is 17.7 Å². The number of aromatic nitrogens is 1. The van der Waals surface area contributed by atoms with Crippen molar-refractivity contribution in [3.8, 4) is 0 Å². The molecule has 1 saturated heterocycles. The molecule has 0 radical (unpaired) electrons. The second-order valence-corrected chi connectivity index (χ2v) is 6.00. The molecule has 5 nitrogen and oxygen atoms in total. The number of rotatable bonds is 3. The van der Waals surface area contributed by atoms with Gasteiger partial charge in [0.15, 0.2) is 0 Å². The summed E-state index contributed by atoms with van der Waals surface area (Å²) in [5, 5.41) is 13.0. The Morgan fingerprint density at radius 1 is 1.35 bits per heavy atom. The van der Waals surface area contributed by atoms with Crippen molar-refractivity contribution in [3.05, 3.63) is 36.0 Å². The number of hydrogen-bond acceptors (Lipinski definition) is 3. The third kappa shape index (κ3) is 2.06. The topological polar surface area (TPSA) is 82.2 Å². The third-order valence-corrected chi connectivity index (χ3v) is 4.81. The lowest BCUT2D eigenvalue weighted by Crippen LogP contribution is -2.54. The van der Waals surface area contributed by atoms with Crippen LogP contribution in [0.1, 0.15) is 16.8 Å². The number of nitrogens with one attached hydrogen (secondary N) is 2. The zero-order chi connectivity index (χ0) is 14.2. The molecule has 0 unspecified atom stereocenters. The molecule has 6 heteroatoms. The Bertz CT molecular complexity index is 674. The zero-order valence-corrected chi connectivity index (χ0v) is 11.5. The number of fused-ring (bicyclic) bond motifs is 1. The highest BCUT2D eigenvalue weighted by Crippen LogP contribution is 2.29. The van der Waals surface area contributed by atoms with Crippen molar-refractivity contribution in [1.29, 1.82) is 0 Å². The van der Waals surface area contributed by atoms with Crippen LogP contribution in [0.15, 0.2) is 30.5 Å². The molecule has 0 saturated carbocycles. The average molecular weight is 290 g/mol. The molecule has 1 aromatic heterocycles. The SMILES string of the molecule is O=C(N[C@@]1(C(=O)O)CCSC1)c1cccc2cc[nH]c12. The monoisotopic (exact) mass is 290 g/mol. The first-order valence-corrected chi connectivity index (χ1v) is 7.48. The molecular formula is C14H14N2O3S. The highest BCUT2D eigenvalue weighted by molar-refractivity contribution is 7.99. The van der Waals surface area contributed by atoms with E-state index in [-0.39, 0.29) is 5.91 Å². The molecular weight excluding hydrogens is 276 g/mol. The minimum absolute atomic E-state index is 0.344. The van der Waals surface area contributed by atoms with Crippen LogP contribution in [-0.2, 0) is 4.79 Å². The van der Waals surface area contributed by atoms with Crippen molar-refractivity contribution in [2.45, 2.75) is 12.0 Å². The van der Waals surface area contributed by atoms with Crippen LogP contribution < -0.4 is 5.32 Å². The molecule has 1 atom stereocenters. The number of carboxylic acids is 1. The summed E-state index contributed by atoms with van der Waals surface area (Å²) in [5.74, 6) is -0.147. The number of para-hydroxylation sites is 1. The van der Waals surface area contributed by atoms with Gasteiger partial charge in [-0.3, -0.25) is 4.79 Å². The Labute approximate surface area is 119 Å². The number of hydrogen-bond donors (Lipinski definition) is 3. The van der Waals surface area contributed by atoms with E-state index >= 15 is 0 Å². The van der Waals surface area contributed by atoms with Crippen molar-refractivity contribution in [1.82, 2.24) is 10.3 Å². The van der Waals surface area contributed by atoms with E-state index in [1.807, 2.05) is 12.1 Å². The van der Waals surface area contributed by atoms with Crippen molar-refractivity contribution < 1.29 is 14.7 Å². The first-order chi connectivity index (χ1) is 9.62. The number of amides is 1. The second-order valence-electron chi connectivity index (χ2n) is 4.89. The molecule has 3 N–H and O–H groups in total. The number of H-pyrrole nitrogens is 1. The highest BCUT2D eigenvalue weighted by Gasteiger charge is 2.43. The number of carbonyl (C=O) groups is 2. The maximum absolute atomic E-state index is 12.4. The summed E-state index contributed by atoms with van der Waals surface area (Å²) >= 11 is 1.55. The summed E-state index contributed by atoms with van der Waals surface area (Å²) in [6, 6.07) is 7.28. The summed E-state index contributed by atoms with van der Waals surface area (Å²) in [4.78, 5) is 26.9. The van der Waals surface area contributed by atoms with Gasteiger partial charge >= 0.3 is 5.97 Å². The Balaban J connectivity index is 1.93. The van der Waals surface area contributed by atoms with Gasteiger partial charge in [0.25, 0.3) is 5.91 Å². The molecule has 20 heavy (non-hydrogen) atoms. The highest BCUT2D eigenvalue weighted by atomic mass is 32.2. The van der Waals surface area contributed by atoms with Gasteiger partial charge in [0, 0.05) is 17.3 Å². The number of aliphatic carboxylic acids is 1. The normalized spacial score (nSPS) is 22.0. The number of aromatic amines is 1. The summed E-state index contributed by atoms with van der Waals surface area (Å²) < 4.78 is 0. The summed E-state index contributed by atoms with van der Waals surface area (Å²) in [6.07, 6.45) is 2.22. The quantitative estimate of drug-likeness (QED) is 0.806. The molecule has 1 aliphatic heterocycles. The Morgan fingerprint density at radius 2 is 2.20 bits per heavy atom. The van der Waals surface area contributed by atoms with Gasteiger partial charge in [0.2, 0.25) is 0 Å². The zero-order valence-electron chi connectivity index (χ0n) is 10.7. The number of thioether (sulfide) groups is 1. The van der Waals surface area contributed by atoms with Crippen LogP contribution in [0, 0.1) is 0 Å². The Morgan fingerprint density at radius 3 is 2.90 bits per heavy atom. The van der Waals surface area contributed by atoms with Crippen LogP contribution in [0.5, 0.6) is 0 Å².